The second-order valence-electron chi connectivity index (χ2n) is 2.54. The van der Waals surface area contributed by atoms with E-state index in [-0.39, 0.29) is 0 Å². The highest BCUT2D eigenvalue weighted by Crippen LogP contribution is 2.19. The van der Waals surface area contributed by atoms with Gasteiger partial charge in [-0.25, -0.2) is 13.5 Å². The van der Waals surface area contributed by atoms with Gasteiger partial charge in [-0.05, 0) is 0 Å². The summed E-state index contributed by atoms with van der Waals surface area (Å²) in [7, 11) is 0. The van der Waals surface area contributed by atoms with Gasteiger partial charge in [0, 0.05) is 0 Å². The van der Waals surface area contributed by atoms with Gasteiger partial charge >= 0.3 is 6.18 Å². The number of carbonyl (C=O) groups excluding carboxylic acids is 1. The van der Waals surface area contributed by atoms with Crippen LogP contribution in [-0.4, -0.2) is 33.4 Å². The number of hydrogen-bond donors (Lipinski definition) is 0. The second-order valence-corrected chi connectivity index (χ2v) is 2.54. The lowest BCUT2D eigenvalue weighted by molar-refractivity contribution is -0.0888. The third kappa shape index (κ3) is 2.96. The largest absolute Gasteiger partial charge is 0.456 e. The van der Waals surface area contributed by atoms with Gasteiger partial charge < -0.3 is 0 Å². The van der Waals surface area contributed by atoms with Crippen LogP contribution in [0.5, 0.6) is 0 Å². The first-order valence-electron chi connectivity index (χ1n) is 3.60. The Labute approximate surface area is 79.7 Å². The number of ketones is 1. The Balaban J connectivity index is 2.81. The molecule has 1 aromatic rings. The van der Waals surface area contributed by atoms with E-state index in [9.17, 15) is 26.7 Å². The van der Waals surface area contributed by atoms with Gasteiger partial charge in [0.15, 0.2) is 5.69 Å². The summed E-state index contributed by atoms with van der Waals surface area (Å²) in [5.74, 6) is -2.21. The molecule has 0 amide bonds. The summed E-state index contributed by atoms with van der Waals surface area (Å²) in [4.78, 5) is 10.5. The van der Waals surface area contributed by atoms with Gasteiger partial charge in [-0.2, -0.15) is 13.2 Å². The molecule has 0 aliphatic heterocycles. The van der Waals surface area contributed by atoms with Crippen molar-refractivity contribution in [2.24, 2.45) is 0 Å². The van der Waals surface area contributed by atoms with Crippen LogP contribution in [0, 0.1) is 0 Å². The van der Waals surface area contributed by atoms with Crippen molar-refractivity contribution in [3.63, 3.8) is 0 Å². The summed E-state index contributed by atoms with van der Waals surface area (Å²) >= 11 is 0. The summed E-state index contributed by atoms with van der Waals surface area (Å²) in [6, 6.07) is 0. The average molecular weight is 229 g/mol. The highest BCUT2D eigenvalue weighted by Gasteiger charge is 2.41. The van der Waals surface area contributed by atoms with Gasteiger partial charge in [0.05, 0.1) is 6.20 Å². The van der Waals surface area contributed by atoms with Gasteiger partial charge in [-0.15, -0.1) is 5.10 Å². The maximum absolute atomic E-state index is 11.8. The fourth-order valence-electron chi connectivity index (χ4n) is 0.778. The van der Waals surface area contributed by atoms with E-state index in [1.54, 1.807) is 0 Å². The Bertz CT molecular complexity index is 358. The molecule has 1 rings (SSSR count). The molecule has 0 atom stereocenters. The van der Waals surface area contributed by atoms with E-state index in [4.69, 9.17) is 0 Å². The molecule has 9 heteroatoms. The first-order chi connectivity index (χ1) is 6.80. The minimum absolute atomic E-state index is 0.476. The number of hydrogen-bond acceptors (Lipinski definition) is 3. The molecule has 0 saturated heterocycles. The summed E-state index contributed by atoms with van der Waals surface area (Å²) in [6.07, 6.45) is -7.33. The van der Waals surface area contributed by atoms with Gasteiger partial charge in [0.1, 0.15) is 6.54 Å². The zero-order valence-electron chi connectivity index (χ0n) is 7.00. The molecule has 0 N–H and O–H groups in total. The molecular weight excluding hydrogens is 225 g/mol. The maximum atomic E-state index is 11.8. The average Bonchev–Trinajstić information content (AvgIpc) is 2.48. The van der Waals surface area contributed by atoms with Crippen LogP contribution in [0.4, 0.5) is 22.0 Å². The molecule has 0 aliphatic carbocycles. The van der Waals surface area contributed by atoms with Crippen LogP contribution in [0.15, 0.2) is 6.20 Å². The summed E-state index contributed by atoms with van der Waals surface area (Å²) < 4.78 is 59.5. The molecule has 15 heavy (non-hydrogen) atoms. The fraction of sp³-hybridized carbons (Fsp3) is 0.500. The lowest BCUT2D eigenvalue weighted by Crippen LogP contribution is -2.23. The predicted octanol–water partition coefficient (Wildman–Crippen LogP) is 1.29. The van der Waals surface area contributed by atoms with Crippen molar-refractivity contribution >= 4 is 5.78 Å². The predicted molar refractivity (Wildman–Crippen MR) is 36.4 cm³/mol. The standard InChI is InChI=1S/C6H4F5N3O/c7-4(8)2-14-1-3(12-13-14)5(15)6(9,10)11/h1,4H,2H2. The second kappa shape index (κ2) is 3.91. The van der Waals surface area contributed by atoms with Crippen molar-refractivity contribution in [2.45, 2.75) is 19.1 Å². The quantitative estimate of drug-likeness (QED) is 0.579. The van der Waals surface area contributed by atoms with Crippen LogP contribution >= 0.6 is 0 Å². The molecule has 0 saturated carbocycles. The first kappa shape index (κ1) is 11.5. The van der Waals surface area contributed by atoms with E-state index in [2.05, 4.69) is 10.3 Å². The Hall–Kier alpha value is -1.54. The molecule has 0 fully saturated rings. The van der Waals surface area contributed by atoms with E-state index >= 15 is 0 Å². The number of halogens is 5. The molecule has 4 nitrogen and oxygen atoms in total. The SMILES string of the molecule is O=C(c1cn(CC(F)F)nn1)C(F)(F)F. The van der Waals surface area contributed by atoms with Crippen molar-refractivity contribution in [1.29, 1.82) is 0 Å². The van der Waals surface area contributed by atoms with Crippen LogP contribution in [0.2, 0.25) is 0 Å². The van der Waals surface area contributed by atoms with E-state index in [0.29, 0.717) is 10.9 Å². The van der Waals surface area contributed by atoms with Crippen LogP contribution in [0.3, 0.4) is 0 Å². The molecule has 0 unspecified atom stereocenters. The number of carbonyl (C=O) groups is 1. The van der Waals surface area contributed by atoms with E-state index in [0.717, 1.165) is 0 Å². The topological polar surface area (TPSA) is 47.8 Å². The van der Waals surface area contributed by atoms with Crippen molar-refractivity contribution < 1.29 is 26.7 Å². The van der Waals surface area contributed by atoms with Crippen molar-refractivity contribution in [3.05, 3.63) is 11.9 Å². The molecule has 0 spiro atoms. The van der Waals surface area contributed by atoms with Crippen molar-refractivity contribution in [1.82, 2.24) is 15.0 Å². The molecule has 0 aromatic carbocycles. The Kier molecular flexibility index (Phi) is 3.01. The van der Waals surface area contributed by atoms with Crippen LogP contribution in [-0.2, 0) is 6.54 Å². The molecule has 0 radical (unpaired) electrons. The summed E-state index contributed by atoms with van der Waals surface area (Å²) in [5.41, 5.74) is -0.997. The summed E-state index contributed by atoms with van der Waals surface area (Å²) in [5, 5.41) is 5.80. The number of rotatable bonds is 3. The molecule has 1 aromatic heterocycles. The van der Waals surface area contributed by atoms with Gasteiger partial charge in [0.2, 0.25) is 0 Å². The van der Waals surface area contributed by atoms with Crippen molar-refractivity contribution in [2.75, 3.05) is 0 Å². The Morgan fingerprint density at radius 1 is 1.47 bits per heavy atom. The third-order valence-corrected chi connectivity index (χ3v) is 1.35. The Morgan fingerprint density at radius 2 is 2.07 bits per heavy atom. The zero-order chi connectivity index (χ0) is 11.6. The van der Waals surface area contributed by atoms with E-state index < -0.39 is 30.6 Å². The van der Waals surface area contributed by atoms with Crippen LogP contribution in [0.25, 0.3) is 0 Å². The highest BCUT2D eigenvalue weighted by molar-refractivity contribution is 5.98. The van der Waals surface area contributed by atoms with Gasteiger partial charge in [-0.3, -0.25) is 4.79 Å². The number of Topliss-reactive ketones (excluding diaryl/α,β-unsaturated/α-hetero) is 1. The molecule has 0 aliphatic rings. The highest BCUT2D eigenvalue weighted by atomic mass is 19.4. The lowest BCUT2D eigenvalue weighted by atomic mass is 10.3. The summed E-state index contributed by atoms with van der Waals surface area (Å²) in [6.45, 7) is -0.905. The fourth-order valence-corrected chi connectivity index (χ4v) is 0.778. The van der Waals surface area contributed by atoms with Gasteiger partial charge in [0.25, 0.3) is 12.2 Å². The molecule has 84 valence electrons. The number of alkyl halides is 5. The smallest absolute Gasteiger partial charge is 0.282 e. The minimum Gasteiger partial charge on any atom is -0.282 e. The van der Waals surface area contributed by atoms with E-state index in [1.165, 1.54) is 0 Å². The normalized spacial score (nSPS) is 12.1. The molecule has 0 bridgehead atoms. The first-order valence-corrected chi connectivity index (χ1v) is 3.60. The molecular formula is C6H4F5N3O. The van der Waals surface area contributed by atoms with Crippen LogP contribution < -0.4 is 0 Å². The third-order valence-electron chi connectivity index (χ3n) is 1.35. The number of nitrogens with zero attached hydrogens (tertiary/aromatic N) is 3. The van der Waals surface area contributed by atoms with Crippen molar-refractivity contribution in [3.8, 4) is 0 Å². The minimum atomic E-state index is -5.08. The lowest BCUT2D eigenvalue weighted by Gasteiger charge is -2.00. The van der Waals surface area contributed by atoms with E-state index in [1.807, 2.05) is 0 Å². The Morgan fingerprint density at radius 3 is 2.53 bits per heavy atom. The van der Waals surface area contributed by atoms with Crippen LogP contribution in [0.1, 0.15) is 10.5 Å². The molecule has 1 heterocycles. The number of aromatic nitrogens is 3. The monoisotopic (exact) mass is 229 g/mol. The zero-order valence-corrected chi connectivity index (χ0v) is 7.00. The maximum Gasteiger partial charge on any atom is 0.456 e. The van der Waals surface area contributed by atoms with Gasteiger partial charge in [-0.1, -0.05) is 5.21 Å².